The van der Waals surface area contributed by atoms with E-state index < -0.39 is 0 Å². The summed E-state index contributed by atoms with van der Waals surface area (Å²) in [6.07, 6.45) is 5.32. The number of hydrogen-bond acceptors (Lipinski definition) is 7. The Bertz CT molecular complexity index is 1540. The van der Waals surface area contributed by atoms with Gasteiger partial charge in [0, 0.05) is 55.7 Å². The number of aromatic amines is 1. The van der Waals surface area contributed by atoms with Crippen molar-refractivity contribution in [1.29, 1.82) is 0 Å². The Balaban J connectivity index is 1.36. The van der Waals surface area contributed by atoms with Crippen molar-refractivity contribution in [2.75, 3.05) is 31.1 Å². The lowest BCUT2D eigenvalue weighted by Crippen LogP contribution is -2.49. The van der Waals surface area contributed by atoms with Crippen molar-refractivity contribution in [3.8, 4) is 21.1 Å². The highest BCUT2D eigenvalue weighted by Gasteiger charge is 2.29. The monoisotopic (exact) mass is 495 g/mol. The minimum absolute atomic E-state index is 0.0618. The largest absolute Gasteiger partial charge is 0.353 e. The summed E-state index contributed by atoms with van der Waals surface area (Å²) in [6.45, 7) is 6.81. The van der Waals surface area contributed by atoms with Crippen molar-refractivity contribution in [3.05, 3.63) is 77.9 Å². The van der Waals surface area contributed by atoms with Crippen molar-refractivity contribution in [2.24, 2.45) is 0 Å². The summed E-state index contributed by atoms with van der Waals surface area (Å²) >= 11 is 1.50. The van der Waals surface area contributed by atoms with Crippen LogP contribution in [0.15, 0.2) is 61.1 Å². The van der Waals surface area contributed by atoms with Gasteiger partial charge in [0.1, 0.15) is 22.2 Å². The second kappa shape index (κ2) is 9.16. The molecular formula is C27H25N7OS. The molecule has 1 aromatic carbocycles. The number of pyridine rings is 2. The van der Waals surface area contributed by atoms with Crippen LogP contribution in [-0.2, 0) is 0 Å². The molecular weight excluding hydrogens is 470 g/mol. The van der Waals surface area contributed by atoms with Crippen molar-refractivity contribution in [2.45, 2.75) is 13.8 Å². The molecule has 1 saturated heterocycles. The third kappa shape index (κ3) is 4.01. The number of anilines is 1. The number of amides is 1. The van der Waals surface area contributed by atoms with E-state index in [1.807, 2.05) is 35.2 Å². The van der Waals surface area contributed by atoms with Crippen LogP contribution in [0.4, 0.5) is 5.82 Å². The number of fused-ring (bicyclic) bond motifs is 1. The lowest BCUT2D eigenvalue weighted by atomic mass is 10.1. The molecule has 9 heteroatoms. The molecule has 1 aliphatic rings. The molecule has 1 amide bonds. The number of carbonyl (C=O) groups is 1. The van der Waals surface area contributed by atoms with Crippen LogP contribution in [-0.4, -0.2) is 62.1 Å². The highest BCUT2D eigenvalue weighted by molar-refractivity contribution is 7.18. The molecule has 1 aliphatic heterocycles. The quantitative estimate of drug-likeness (QED) is 0.388. The molecule has 0 atom stereocenters. The molecule has 5 heterocycles. The highest BCUT2D eigenvalue weighted by atomic mass is 32.1. The van der Waals surface area contributed by atoms with Gasteiger partial charge in [-0.3, -0.25) is 14.9 Å². The highest BCUT2D eigenvalue weighted by Crippen LogP contribution is 2.38. The Labute approximate surface area is 212 Å². The Morgan fingerprint density at radius 1 is 1.03 bits per heavy atom. The van der Waals surface area contributed by atoms with E-state index in [1.165, 1.54) is 11.3 Å². The molecule has 5 aromatic rings. The number of rotatable bonds is 4. The summed E-state index contributed by atoms with van der Waals surface area (Å²) in [7, 11) is 0. The zero-order valence-electron chi connectivity index (χ0n) is 20.1. The van der Waals surface area contributed by atoms with Crippen LogP contribution < -0.4 is 4.90 Å². The maximum Gasteiger partial charge on any atom is 0.274 e. The molecule has 180 valence electrons. The number of thiazole rings is 1. The predicted octanol–water partition coefficient (Wildman–Crippen LogP) is 4.72. The van der Waals surface area contributed by atoms with Crippen LogP contribution in [0.25, 0.3) is 32.0 Å². The van der Waals surface area contributed by atoms with Gasteiger partial charge in [-0.2, -0.15) is 5.10 Å². The Morgan fingerprint density at radius 2 is 1.89 bits per heavy atom. The number of hydrogen-bond donors (Lipinski definition) is 1. The number of aryl methyl sites for hydroxylation is 2. The number of carbonyl (C=O) groups excluding carboxylic acids is 1. The molecule has 1 N–H and O–H groups in total. The van der Waals surface area contributed by atoms with E-state index in [2.05, 4.69) is 51.0 Å². The minimum atomic E-state index is -0.0618. The van der Waals surface area contributed by atoms with E-state index in [0.717, 1.165) is 62.1 Å². The Hall–Kier alpha value is -4.11. The molecule has 4 aromatic heterocycles. The topological polar surface area (TPSA) is 90.9 Å². The third-order valence-electron chi connectivity index (χ3n) is 6.50. The van der Waals surface area contributed by atoms with Crippen LogP contribution in [0.2, 0.25) is 0 Å². The predicted molar refractivity (Wildman–Crippen MR) is 142 cm³/mol. The lowest BCUT2D eigenvalue weighted by Gasteiger charge is -2.35. The van der Waals surface area contributed by atoms with Crippen LogP contribution in [0.5, 0.6) is 0 Å². The molecule has 8 nitrogen and oxygen atoms in total. The van der Waals surface area contributed by atoms with Gasteiger partial charge in [0.05, 0.1) is 10.4 Å². The summed E-state index contributed by atoms with van der Waals surface area (Å²) in [5.41, 5.74) is 5.37. The third-order valence-corrected chi connectivity index (χ3v) is 7.62. The van der Waals surface area contributed by atoms with Gasteiger partial charge in [0.15, 0.2) is 0 Å². The Morgan fingerprint density at radius 3 is 2.64 bits per heavy atom. The number of H-pyrrole nitrogens is 1. The summed E-state index contributed by atoms with van der Waals surface area (Å²) in [6, 6.07) is 14.0. The molecule has 0 aliphatic carbocycles. The van der Waals surface area contributed by atoms with Crippen molar-refractivity contribution >= 4 is 34.0 Å². The number of piperazine rings is 1. The van der Waals surface area contributed by atoms with Gasteiger partial charge in [-0.15, -0.1) is 11.3 Å². The van der Waals surface area contributed by atoms with E-state index in [-0.39, 0.29) is 5.91 Å². The average Bonchev–Trinajstić information content (AvgIpc) is 3.54. The molecule has 0 saturated carbocycles. The van der Waals surface area contributed by atoms with E-state index in [9.17, 15) is 4.79 Å². The first-order chi connectivity index (χ1) is 17.6. The lowest BCUT2D eigenvalue weighted by molar-refractivity contribution is 0.0742. The van der Waals surface area contributed by atoms with E-state index in [0.29, 0.717) is 18.8 Å². The van der Waals surface area contributed by atoms with Crippen LogP contribution in [0, 0.1) is 13.8 Å². The molecule has 36 heavy (non-hydrogen) atoms. The smallest absolute Gasteiger partial charge is 0.274 e. The molecule has 6 rings (SSSR count). The molecule has 1 fully saturated rings. The van der Waals surface area contributed by atoms with Crippen LogP contribution >= 0.6 is 11.3 Å². The van der Waals surface area contributed by atoms with E-state index in [4.69, 9.17) is 4.98 Å². The van der Waals surface area contributed by atoms with Gasteiger partial charge in [0.25, 0.3) is 5.91 Å². The minimum Gasteiger partial charge on any atom is -0.353 e. The first-order valence-corrected chi connectivity index (χ1v) is 12.7. The molecule has 0 spiro atoms. The van der Waals surface area contributed by atoms with Gasteiger partial charge in [0.2, 0.25) is 0 Å². The number of benzene rings is 1. The van der Waals surface area contributed by atoms with Crippen molar-refractivity contribution in [1.82, 2.24) is 30.0 Å². The summed E-state index contributed by atoms with van der Waals surface area (Å²) in [5.74, 6) is 0.876. The van der Waals surface area contributed by atoms with Gasteiger partial charge in [-0.1, -0.05) is 23.8 Å². The maximum absolute atomic E-state index is 13.8. The second-order valence-electron chi connectivity index (χ2n) is 8.98. The zero-order chi connectivity index (χ0) is 24.6. The zero-order valence-corrected chi connectivity index (χ0v) is 20.9. The van der Waals surface area contributed by atoms with Gasteiger partial charge < -0.3 is 9.80 Å². The van der Waals surface area contributed by atoms with E-state index >= 15 is 0 Å². The first kappa shape index (κ1) is 22.4. The maximum atomic E-state index is 13.8. The SMILES string of the molecule is Cc1cc(C)c2n[nH]c(-c3nc(C(=O)N4CCN(c5ccccn5)CC4)c(-c4cccnc4)s3)c2c1. The molecule has 0 unspecified atom stereocenters. The average molecular weight is 496 g/mol. The summed E-state index contributed by atoms with van der Waals surface area (Å²) in [5, 5.41) is 9.48. The fourth-order valence-electron chi connectivity index (χ4n) is 4.73. The van der Waals surface area contributed by atoms with Crippen LogP contribution in [0.1, 0.15) is 21.6 Å². The summed E-state index contributed by atoms with van der Waals surface area (Å²) < 4.78 is 0. The normalized spacial score (nSPS) is 13.9. The van der Waals surface area contributed by atoms with Crippen molar-refractivity contribution in [3.63, 3.8) is 0 Å². The standard InChI is InChI=1S/C27H25N7OS/c1-17-14-18(2)22-20(15-17)23(32-31-22)26-30-24(25(36-26)19-6-5-8-28-16-19)27(35)34-12-10-33(11-13-34)21-7-3-4-9-29-21/h3-9,14-16H,10-13H2,1-2H3,(H,31,32). The van der Waals surface area contributed by atoms with Crippen LogP contribution in [0.3, 0.4) is 0 Å². The molecule has 0 bridgehead atoms. The second-order valence-corrected chi connectivity index (χ2v) is 9.98. The number of aromatic nitrogens is 5. The fourth-order valence-corrected chi connectivity index (χ4v) is 5.78. The van der Waals surface area contributed by atoms with E-state index in [1.54, 1.807) is 18.6 Å². The Kier molecular flexibility index (Phi) is 5.69. The molecule has 0 radical (unpaired) electrons. The first-order valence-electron chi connectivity index (χ1n) is 11.9. The van der Waals surface area contributed by atoms with Gasteiger partial charge >= 0.3 is 0 Å². The van der Waals surface area contributed by atoms with Gasteiger partial charge in [-0.25, -0.2) is 9.97 Å². The fraction of sp³-hybridized carbons (Fsp3) is 0.222. The summed E-state index contributed by atoms with van der Waals surface area (Å²) in [4.78, 5) is 32.3. The number of nitrogens with zero attached hydrogens (tertiary/aromatic N) is 6. The van der Waals surface area contributed by atoms with Crippen molar-refractivity contribution < 1.29 is 4.79 Å². The number of nitrogens with one attached hydrogen (secondary N) is 1. The van der Waals surface area contributed by atoms with Gasteiger partial charge in [-0.05, 0) is 43.7 Å².